The number of hydrogen-bond donors (Lipinski definition) is 18. The average molecular weight is 1490 g/mol. The van der Waals surface area contributed by atoms with Crippen LogP contribution in [0.2, 0.25) is 0 Å². The molecular formula is C69H82O36. The number of aromatic hydroxyl groups is 4. The van der Waals surface area contributed by atoms with Gasteiger partial charge >= 0.3 is 11.9 Å². The number of carbonyl (C=O) groups is 2. The molecule has 18 N–H and O–H groups in total. The topological polar surface area (TPSA) is 558 Å². The molecule has 36 nitrogen and oxygen atoms in total. The monoisotopic (exact) mass is 1490 g/mol. The van der Waals surface area contributed by atoms with Crippen molar-refractivity contribution in [3.05, 3.63) is 118 Å². The van der Waals surface area contributed by atoms with Crippen LogP contribution < -0.4 is 14.9 Å². The summed E-state index contributed by atoms with van der Waals surface area (Å²) in [7, 11) is 0. The van der Waals surface area contributed by atoms with Gasteiger partial charge in [-0.1, -0.05) is 24.3 Å². The zero-order chi connectivity index (χ0) is 75.7. The third-order valence-corrected chi connectivity index (χ3v) is 18.6. The summed E-state index contributed by atoms with van der Waals surface area (Å²) in [5.74, 6) is -5.65. The highest BCUT2D eigenvalue weighted by atomic mass is 16.8. The minimum Gasteiger partial charge on any atom is -0.508 e. The number of rotatable bonds is 21. The number of hydrogen-bond acceptors (Lipinski definition) is 36. The predicted octanol–water partition coefficient (Wildman–Crippen LogP) is -3.42. The number of phenolic OH excluding ortho intramolecular Hbond substituents is 4. The SMILES string of the molecule is C[C@@H]1O[C@@H](O[C@@H]2[C@@H](O)[C@H](C)O[C@@H](O[C@H]3[C@@H](O)[C@H](Oc4cc(O)c5c(=O)c(O[C@@H]6O[C@H](CO[C@@H]7O[C@H](CO)[C@@H](O)[C@H](O)[C@H]7O)[C@@H](O)[C@H](O[C@@H]7O[C@@H](C)[C@H](O)[C@@H](O)[C@@H]7O)[C@H]6OC(=O)/C=C/c6ccc(O)cc6)c(-c6ccc(O)cc6)oc5c4)O[C@@H](C)[C@@H]3OC(=O)/C=C/c3ccc(O)cc3)[C@@H]2O)[C@H](O)[C@H](O)[C@H]1O. The summed E-state index contributed by atoms with van der Waals surface area (Å²) in [6, 6.07) is 17.8. The maximum absolute atomic E-state index is 15.4. The van der Waals surface area contributed by atoms with Gasteiger partial charge in [-0.2, -0.15) is 0 Å². The van der Waals surface area contributed by atoms with Crippen molar-refractivity contribution in [1.29, 1.82) is 0 Å². The van der Waals surface area contributed by atoms with Crippen molar-refractivity contribution < 1.29 is 172 Å². The maximum atomic E-state index is 15.4. The van der Waals surface area contributed by atoms with Gasteiger partial charge < -0.3 is 163 Å². The first-order chi connectivity index (χ1) is 49.9. The lowest BCUT2D eigenvalue weighted by Crippen LogP contribution is -2.66. The lowest BCUT2D eigenvalue weighted by molar-refractivity contribution is -0.372. The van der Waals surface area contributed by atoms with Crippen molar-refractivity contribution in [2.45, 2.75) is 212 Å². The third kappa shape index (κ3) is 17.2. The molecule has 7 heterocycles. The molecule has 0 bridgehead atoms. The van der Waals surface area contributed by atoms with Gasteiger partial charge in [0.25, 0.3) is 0 Å². The summed E-state index contributed by atoms with van der Waals surface area (Å²) in [6.07, 6.45) is -50.2. The van der Waals surface area contributed by atoms with E-state index >= 15 is 4.79 Å². The van der Waals surface area contributed by atoms with Gasteiger partial charge in [-0.3, -0.25) is 4.79 Å². The van der Waals surface area contributed by atoms with Gasteiger partial charge in [0.15, 0.2) is 43.1 Å². The quantitative estimate of drug-likeness (QED) is 0.0251. The Hall–Kier alpha value is -7.65. The van der Waals surface area contributed by atoms with Crippen LogP contribution in [-0.4, -0.2) is 301 Å². The Kier molecular flexibility index (Phi) is 24.8. The lowest BCUT2D eigenvalue weighted by Gasteiger charge is -2.48. The van der Waals surface area contributed by atoms with E-state index in [4.69, 9.17) is 70.7 Å². The van der Waals surface area contributed by atoms with Crippen LogP contribution in [0.4, 0.5) is 0 Å². The van der Waals surface area contributed by atoms with Crippen molar-refractivity contribution in [3.8, 4) is 45.8 Å². The van der Waals surface area contributed by atoms with E-state index in [0.717, 1.165) is 36.4 Å². The van der Waals surface area contributed by atoms with Crippen LogP contribution in [0.15, 0.2) is 106 Å². The van der Waals surface area contributed by atoms with E-state index in [0.29, 0.717) is 11.1 Å². The minimum absolute atomic E-state index is 0.0638. The standard InChI is InChI=1S/C69H82O36/c1-25-43(77)49(83)53(87)65(92-25)102-59-45(79)27(3)94-68(55(59)89)104-62-56(90)67(95-28(4)57(62)100-40(75)19-9-29-5-13-32(71)14-6-29)96-35-21-36(74)42-37(22-35)97-58(31-11-17-34(73)18-12-31)61(48(42)82)105-69-63(101-41(76)20-10-30-7-15-33(72)16-8-30)60(103-66-54(88)50(84)44(78)26(2)93-66)47(81)39(99-69)24-91-64-52(86)51(85)46(80)38(23-70)98-64/h5-22,25-28,38-39,43-47,49-57,59-60,62-74,77-81,83-90H,23-24H2,1-4H3/b19-9+,20-10+/t25-,26-,27-,28-,38+,39+,43-,44-,45-,46+,47+,49+,50+,51-,52+,53+,54-,55+,56+,57-,59+,60-,62-,63+,64+,65-,66-,67-,68-,69-/m0/s1. The van der Waals surface area contributed by atoms with E-state index in [1.165, 1.54) is 101 Å². The molecule has 4 aromatic carbocycles. The largest absolute Gasteiger partial charge is 0.508 e. The second kappa shape index (κ2) is 33.2. The van der Waals surface area contributed by atoms with Gasteiger partial charge in [0.2, 0.25) is 23.8 Å². The van der Waals surface area contributed by atoms with E-state index < -0.39 is 249 Å². The second-order valence-corrected chi connectivity index (χ2v) is 26.0. The highest BCUT2D eigenvalue weighted by Crippen LogP contribution is 2.42. The number of fused-ring (bicyclic) bond motifs is 1. The number of esters is 2. The van der Waals surface area contributed by atoms with Crippen LogP contribution in [0.5, 0.6) is 34.5 Å². The molecule has 0 radical (unpaired) electrons. The van der Waals surface area contributed by atoms with Crippen molar-refractivity contribution >= 4 is 35.1 Å². The summed E-state index contributed by atoms with van der Waals surface area (Å²) in [6.45, 7) is 3.54. The summed E-state index contributed by atoms with van der Waals surface area (Å²) in [4.78, 5) is 43.2. The van der Waals surface area contributed by atoms with Gasteiger partial charge in [0.1, 0.15) is 150 Å². The van der Waals surface area contributed by atoms with E-state index in [-0.39, 0.29) is 22.8 Å². The fraction of sp³-hybridized carbons (Fsp3) is 0.522. The van der Waals surface area contributed by atoms with E-state index in [2.05, 4.69) is 0 Å². The third-order valence-electron chi connectivity index (χ3n) is 18.6. The van der Waals surface area contributed by atoms with Crippen molar-refractivity contribution in [1.82, 2.24) is 0 Å². The molecule has 6 aliphatic rings. The average Bonchev–Trinajstić information content (AvgIpc) is 0.764. The fourth-order valence-electron chi connectivity index (χ4n) is 12.5. The van der Waals surface area contributed by atoms with E-state index in [1.54, 1.807) is 0 Å². The molecule has 0 aliphatic carbocycles. The molecule has 105 heavy (non-hydrogen) atoms. The van der Waals surface area contributed by atoms with Crippen LogP contribution in [0.25, 0.3) is 34.4 Å². The highest BCUT2D eigenvalue weighted by molar-refractivity contribution is 5.89. The molecule has 11 rings (SSSR count). The van der Waals surface area contributed by atoms with E-state index in [9.17, 15) is 102 Å². The van der Waals surface area contributed by atoms with Crippen LogP contribution in [0.1, 0.15) is 38.8 Å². The number of phenols is 4. The predicted molar refractivity (Wildman–Crippen MR) is 347 cm³/mol. The Balaban J connectivity index is 0.948. The summed E-state index contributed by atoms with van der Waals surface area (Å²) in [5, 5.41) is 196. The summed E-state index contributed by atoms with van der Waals surface area (Å²) in [5.41, 5.74) is -1.10. The molecule has 6 aliphatic heterocycles. The summed E-state index contributed by atoms with van der Waals surface area (Å²) < 4.78 is 90.0. The first-order valence-electron chi connectivity index (χ1n) is 33.2. The molecular weight excluding hydrogens is 1400 g/mol. The number of aliphatic hydroxyl groups is 14. The number of ether oxygens (including phenoxy) is 14. The van der Waals surface area contributed by atoms with Gasteiger partial charge in [0.05, 0.1) is 37.6 Å². The highest BCUT2D eigenvalue weighted by Gasteiger charge is 2.57. The van der Waals surface area contributed by atoms with Gasteiger partial charge in [-0.15, -0.1) is 0 Å². The van der Waals surface area contributed by atoms with Crippen molar-refractivity contribution in [2.75, 3.05) is 13.2 Å². The number of benzene rings is 4. The molecule has 6 saturated heterocycles. The Morgan fingerprint density at radius 3 is 1.42 bits per heavy atom. The van der Waals surface area contributed by atoms with Crippen molar-refractivity contribution in [3.63, 3.8) is 0 Å². The van der Waals surface area contributed by atoms with Gasteiger partial charge in [0, 0.05) is 29.8 Å². The smallest absolute Gasteiger partial charge is 0.331 e. The van der Waals surface area contributed by atoms with Crippen LogP contribution in [0.3, 0.4) is 0 Å². The fourth-order valence-corrected chi connectivity index (χ4v) is 12.5. The molecule has 0 saturated carbocycles. The minimum atomic E-state index is -2.29. The van der Waals surface area contributed by atoms with E-state index in [1.807, 2.05) is 0 Å². The first kappa shape index (κ1) is 78.4. The zero-order valence-electron chi connectivity index (χ0n) is 56.0. The van der Waals surface area contributed by atoms with Gasteiger partial charge in [-0.05, 0) is 99.5 Å². The lowest BCUT2D eigenvalue weighted by atomic mass is 9.96. The molecule has 6 fully saturated rings. The molecule has 574 valence electrons. The Morgan fingerprint density at radius 2 is 0.876 bits per heavy atom. The molecule has 0 amide bonds. The molecule has 0 unspecified atom stereocenters. The van der Waals surface area contributed by atoms with Crippen LogP contribution >= 0.6 is 0 Å². The molecule has 30 atom stereocenters. The molecule has 0 spiro atoms. The number of carbonyl (C=O) groups excluding carboxylic acids is 2. The Morgan fingerprint density at radius 1 is 0.429 bits per heavy atom. The molecule has 36 heteroatoms. The molecule has 1 aromatic heterocycles. The maximum Gasteiger partial charge on any atom is 0.331 e. The van der Waals surface area contributed by atoms with Crippen LogP contribution in [0, 0.1) is 0 Å². The first-order valence-corrected chi connectivity index (χ1v) is 33.2. The van der Waals surface area contributed by atoms with Crippen molar-refractivity contribution in [2.24, 2.45) is 0 Å². The molecule has 5 aromatic rings. The zero-order valence-corrected chi connectivity index (χ0v) is 56.0. The summed E-state index contributed by atoms with van der Waals surface area (Å²) >= 11 is 0. The Labute approximate surface area is 594 Å². The van der Waals surface area contributed by atoms with Crippen LogP contribution in [-0.2, 0) is 66.4 Å². The normalized spacial score (nSPS) is 38.2. The van der Waals surface area contributed by atoms with Gasteiger partial charge in [-0.25, -0.2) is 9.59 Å². The Bertz CT molecular complexity index is 3870. The number of aliphatic hydroxyl groups excluding tert-OH is 14. The second-order valence-electron chi connectivity index (χ2n) is 26.0.